The number of rotatable bonds is 6. The molecule has 27 heavy (non-hydrogen) atoms. The molecule has 3 aromatic heterocycles. The van der Waals surface area contributed by atoms with Gasteiger partial charge in [-0.05, 0) is 69.0 Å². The Morgan fingerprint density at radius 2 is 2.04 bits per heavy atom. The first kappa shape index (κ1) is 17.7. The van der Waals surface area contributed by atoms with Crippen LogP contribution in [0.1, 0.15) is 29.8 Å². The summed E-state index contributed by atoms with van der Waals surface area (Å²) in [4.78, 5) is 11.5. The Bertz CT molecular complexity index is 852. The molecule has 4 rings (SSSR count). The predicted octanol–water partition coefficient (Wildman–Crippen LogP) is 3.71. The van der Waals surface area contributed by atoms with E-state index in [-0.39, 0.29) is 0 Å². The summed E-state index contributed by atoms with van der Waals surface area (Å²) in [5.74, 6) is 2.36. The van der Waals surface area contributed by atoms with Crippen LogP contribution in [0.25, 0.3) is 0 Å². The van der Waals surface area contributed by atoms with Gasteiger partial charge in [-0.3, -0.25) is 15.0 Å². The summed E-state index contributed by atoms with van der Waals surface area (Å²) in [5.41, 5.74) is 3.48. The number of likely N-dealkylation sites (tertiary alicyclic amines) is 1. The van der Waals surface area contributed by atoms with E-state index in [1.807, 2.05) is 37.5 Å². The Kier molecular flexibility index (Phi) is 5.44. The van der Waals surface area contributed by atoms with Crippen molar-refractivity contribution in [3.63, 3.8) is 0 Å². The van der Waals surface area contributed by atoms with Gasteiger partial charge in [0, 0.05) is 36.4 Å². The largest absolute Gasteiger partial charge is 0.323 e. The lowest BCUT2D eigenvalue weighted by molar-refractivity contribution is 0.176. The van der Waals surface area contributed by atoms with E-state index >= 15 is 0 Å². The highest BCUT2D eigenvalue weighted by Gasteiger charge is 2.20. The van der Waals surface area contributed by atoms with E-state index in [0.29, 0.717) is 5.92 Å². The van der Waals surface area contributed by atoms with Crippen molar-refractivity contribution in [3.05, 3.63) is 65.7 Å². The molecule has 0 aliphatic carbocycles. The van der Waals surface area contributed by atoms with Gasteiger partial charge in [0.05, 0.1) is 0 Å². The minimum atomic E-state index is 0.700. The predicted molar refractivity (Wildman–Crippen MR) is 107 cm³/mol. The number of piperidine rings is 1. The Balaban J connectivity index is 1.29. The lowest BCUT2D eigenvalue weighted by Gasteiger charge is -2.31. The number of aryl methyl sites for hydroxylation is 1. The van der Waals surface area contributed by atoms with Gasteiger partial charge < -0.3 is 5.32 Å². The van der Waals surface area contributed by atoms with Crippen molar-refractivity contribution in [1.29, 1.82) is 0 Å². The normalized spacial score (nSPS) is 15.7. The van der Waals surface area contributed by atoms with Crippen LogP contribution >= 0.6 is 0 Å². The zero-order chi connectivity index (χ0) is 18.5. The molecule has 1 aliphatic rings. The number of anilines is 2. The average Bonchev–Trinajstić information content (AvgIpc) is 3.09. The molecule has 0 atom stereocenters. The maximum Gasteiger partial charge on any atom is 0.153 e. The molecule has 1 saturated heterocycles. The molecule has 1 fully saturated rings. The first-order valence-corrected chi connectivity index (χ1v) is 9.61. The molecule has 0 unspecified atom stereocenters. The zero-order valence-corrected chi connectivity index (χ0v) is 15.7. The molecule has 6 heteroatoms. The summed E-state index contributed by atoms with van der Waals surface area (Å²) in [6.07, 6.45) is 7.28. The summed E-state index contributed by atoms with van der Waals surface area (Å²) >= 11 is 0. The van der Waals surface area contributed by atoms with Crippen LogP contribution in [0.2, 0.25) is 0 Å². The van der Waals surface area contributed by atoms with Crippen LogP contribution in [0.3, 0.4) is 0 Å². The van der Waals surface area contributed by atoms with Gasteiger partial charge >= 0.3 is 0 Å². The lowest BCUT2D eigenvalue weighted by Crippen LogP contribution is -2.34. The lowest BCUT2D eigenvalue weighted by atomic mass is 9.92. The van der Waals surface area contributed by atoms with E-state index in [4.69, 9.17) is 4.98 Å². The second-order valence-electron chi connectivity index (χ2n) is 7.36. The Labute approximate surface area is 160 Å². The van der Waals surface area contributed by atoms with Crippen LogP contribution in [0.5, 0.6) is 0 Å². The van der Waals surface area contributed by atoms with Crippen molar-refractivity contribution in [2.45, 2.75) is 32.7 Å². The zero-order valence-electron chi connectivity index (χ0n) is 15.7. The quantitative estimate of drug-likeness (QED) is 0.700. The summed E-state index contributed by atoms with van der Waals surface area (Å²) in [6.45, 7) is 5.28. The van der Waals surface area contributed by atoms with E-state index in [0.717, 1.165) is 49.1 Å². The van der Waals surface area contributed by atoms with Crippen molar-refractivity contribution in [2.75, 3.05) is 18.4 Å². The molecule has 140 valence electrons. The molecular formula is C21H26N6. The molecule has 6 nitrogen and oxygen atoms in total. The van der Waals surface area contributed by atoms with Crippen molar-refractivity contribution >= 4 is 11.6 Å². The maximum absolute atomic E-state index is 4.77. The molecule has 0 saturated carbocycles. The first-order valence-electron chi connectivity index (χ1n) is 9.61. The van der Waals surface area contributed by atoms with E-state index < -0.39 is 0 Å². The van der Waals surface area contributed by atoms with Crippen molar-refractivity contribution in [2.24, 2.45) is 5.92 Å². The van der Waals surface area contributed by atoms with Crippen LogP contribution in [-0.4, -0.2) is 38.2 Å². The third kappa shape index (κ3) is 4.92. The highest BCUT2D eigenvalue weighted by atomic mass is 15.2. The molecule has 1 aliphatic heterocycles. The van der Waals surface area contributed by atoms with E-state index in [9.17, 15) is 0 Å². The Morgan fingerprint density at radius 1 is 1.15 bits per heavy atom. The van der Waals surface area contributed by atoms with Crippen LogP contribution in [0.4, 0.5) is 11.6 Å². The minimum absolute atomic E-state index is 0.700. The third-order valence-corrected chi connectivity index (χ3v) is 5.10. The van der Waals surface area contributed by atoms with Crippen LogP contribution in [0, 0.1) is 12.8 Å². The van der Waals surface area contributed by atoms with E-state index in [1.165, 1.54) is 18.4 Å². The molecule has 3 aromatic rings. The minimum Gasteiger partial charge on any atom is -0.323 e. The van der Waals surface area contributed by atoms with Gasteiger partial charge in [0.25, 0.3) is 0 Å². The first-order chi connectivity index (χ1) is 13.2. The smallest absolute Gasteiger partial charge is 0.153 e. The van der Waals surface area contributed by atoms with Crippen molar-refractivity contribution < 1.29 is 0 Å². The molecule has 0 amide bonds. The summed E-state index contributed by atoms with van der Waals surface area (Å²) in [7, 11) is 0. The molecule has 4 heterocycles. The van der Waals surface area contributed by atoms with Gasteiger partial charge in [0.1, 0.15) is 5.82 Å². The molecule has 2 N–H and O–H groups in total. The van der Waals surface area contributed by atoms with Gasteiger partial charge in [0.15, 0.2) is 5.82 Å². The molecule has 0 spiro atoms. The number of hydrogen-bond donors (Lipinski definition) is 2. The maximum atomic E-state index is 4.77. The van der Waals surface area contributed by atoms with Gasteiger partial charge in [0.2, 0.25) is 0 Å². The van der Waals surface area contributed by atoms with Crippen molar-refractivity contribution in [3.8, 4) is 0 Å². The van der Waals surface area contributed by atoms with Gasteiger partial charge in [-0.25, -0.2) is 4.98 Å². The second kappa shape index (κ2) is 8.31. The van der Waals surface area contributed by atoms with E-state index in [1.54, 1.807) is 0 Å². The SMILES string of the molecule is Cc1cc(Nc2cccc(CC3CCN(Cc4cccnc4)CC3)n2)n[nH]1. The number of aromatic amines is 1. The van der Waals surface area contributed by atoms with E-state index in [2.05, 4.69) is 43.6 Å². The molecule has 0 bridgehead atoms. The number of nitrogens with zero attached hydrogens (tertiary/aromatic N) is 4. The second-order valence-corrected chi connectivity index (χ2v) is 7.36. The summed E-state index contributed by atoms with van der Waals surface area (Å²) < 4.78 is 0. The number of hydrogen-bond acceptors (Lipinski definition) is 5. The fourth-order valence-corrected chi connectivity index (χ4v) is 3.67. The number of aromatic nitrogens is 4. The topological polar surface area (TPSA) is 69.7 Å². The van der Waals surface area contributed by atoms with Gasteiger partial charge in [-0.1, -0.05) is 12.1 Å². The Hall–Kier alpha value is -2.73. The Morgan fingerprint density at radius 3 is 2.78 bits per heavy atom. The monoisotopic (exact) mass is 362 g/mol. The average molecular weight is 362 g/mol. The molecular weight excluding hydrogens is 336 g/mol. The summed E-state index contributed by atoms with van der Waals surface area (Å²) in [5, 5.41) is 10.4. The molecule has 0 radical (unpaired) electrons. The fraction of sp³-hybridized carbons (Fsp3) is 0.381. The standard InChI is InChI=1S/C21H26N6/c1-16-12-21(26-25-16)24-20-6-2-5-19(23-20)13-17-7-10-27(11-8-17)15-18-4-3-9-22-14-18/h2-6,9,12,14,17H,7-8,10-11,13,15H2,1H3,(H2,23,24,25,26). The fourth-order valence-electron chi connectivity index (χ4n) is 3.67. The number of H-pyrrole nitrogens is 1. The van der Waals surface area contributed by atoms with Crippen LogP contribution < -0.4 is 5.32 Å². The number of pyridine rings is 2. The number of nitrogens with one attached hydrogen (secondary N) is 2. The van der Waals surface area contributed by atoms with Crippen LogP contribution in [-0.2, 0) is 13.0 Å². The van der Waals surface area contributed by atoms with Crippen LogP contribution in [0.15, 0.2) is 48.8 Å². The highest BCUT2D eigenvalue weighted by Crippen LogP contribution is 2.23. The third-order valence-electron chi connectivity index (χ3n) is 5.10. The van der Waals surface area contributed by atoms with Crippen molar-refractivity contribution in [1.82, 2.24) is 25.1 Å². The molecule has 0 aromatic carbocycles. The summed E-state index contributed by atoms with van der Waals surface area (Å²) in [6, 6.07) is 12.3. The van der Waals surface area contributed by atoms with Gasteiger partial charge in [-0.15, -0.1) is 0 Å². The highest BCUT2D eigenvalue weighted by molar-refractivity contribution is 5.51. The van der Waals surface area contributed by atoms with Gasteiger partial charge in [-0.2, -0.15) is 5.10 Å².